The smallest absolute Gasteiger partial charge is 0.323 e. The summed E-state index contributed by atoms with van der Waals surface area (Å²) in [5.74, 6) is 0.910. The third kappa shape index (κ3) is 3.18. The predicted octanol–water partition coefficient (Wildman–Crippen LogP) is 1.89. The Bertz CT molecular complexity index is 616. The molecule has 0 aliphatic heterocycles. The van der Waals surface area contributed by atoms with Gasteiger partial charge in [-0.25, -0.2) is 4.79 Å². The molecule has 2 aliphatic rings. The molecule has 1 aromatic heterocycles. The van der Waals surface area contributed by atoms with E-state index in [0.717, 1.165) is 5.69 Å². The van der Waals surface area contributed by atoms with Crippen LogP contribution in [0.25, 0.3) is 0 Å². The van der Waals surface area contributed by atoms with Crippen LogP contribution >= 0.6 is 0 Å². The van der Waals surface area contributed by atoms with Gasteiger partial charge in [0.1, 0.15) is 0 Å². The molecule has 2 saturated carbocycles. The monoisotopic (exact) mass is 319 g/mol. The summed E-state index contributed by atoms with van der Waals surface area (Å²) in [5.41, 5.74) is 6.32. The maximum absolute atomic E-state index is 12.3. The number of aryl methyl sites for hydroxylation is 1. The molecule has 1 unspecified atom stereocenters. The molecule has 3 rings (SSSR count). The molecule has 2 fully saturated rings. The normalized spacial score (nSPS) is 24.7. The Labute approximate surface area is 136 Å². The second-order valence-electron chi connectivity index (χ2n) is 6.96. The standard InChI is InChI=1S/C16H25N5O2/c1-9-6-14(19-21(9)10(2)11-4-5-11)18-16(23)20(3)13-7-12(8-13)15(17)22/h6,10-13H,4-5,7-8H2,1-3H3,(H2,17,22)(H,18,19,23). The van der Waals surface area contributed by atoms with Crippen molar-refractivity contribution in [2.75, 3.05) is 12.4 Å². The van der Waals surface area contributed by atoms with E-state index < -0.39 is 0 Å². The van der Waals surface area contributed by atoms with Crippen LogP contribution in [0.5, 0.6) is 0 Å². The summed E-state index contributed by atoms with van der Waals surface area (Å²) in [6.45, 7) is 4.18. The molecule has 1 atom stereocenters. The highest BCUT2D eigenvalue weighted by atomic mass is 16.2. The van der Waals surface area contributed by atoms with Gasteiger partial charge in [-0.1, -0.05) is 0 Å². The SMILES string of the molecule is Cc1cc(NC(=O)N(C)C2CC(C(N)=O)C2)nn1C(C)C1CC1. The largest absolute Gasteiger partial charge is 0.369 e. The zero-order valence-electron chi connectivity index (χ0n) is 14.0. The Morgan fingerprint density at radius 3 is 2.65 bits per heavy atom. The Morgan fingerprint density at radius 1 is 1.43 bits per heavy atom. The van der Waals surface area contributed by atoms with E-state index in [9.17, 15) is 9.59 Å². The van der Waals surface area contributed by atoms with Gasteiger partial charge in [0.2, 0.25) is 5.91 Å². The molecule has 2 aliphatic carbocycles. The van der Waals surface area contributed by atoms with E-state index in [0.29, 0.717) is 30.6 Å². The summed E-state index contributed by atoms with van der Waals surface area (Å²) >= 11 is 0. The molecule has 7 nitrogen and oxygen atoms in total. The predicted molar refractivity (Wildman–Crippen MR) is 86.9 cm³/mol. The molecular formula is C16H25N5O2. The summed E-state index contributed by atoms with van der Waals surface area (Å²) in [5, 5.41) is 7.37. The van der Waals surface area contributed by atoms with E-state index in [2.05, 4.69) is 17.3 Å². The lowest BCUT2D eigenvalue weighted by Crippen LogP contribution is -2.50. The molecule has 0 saturated heterocycles. The van der Waals surface area contributed by atoms with Gasteiger partial charge >= 0.3 is 6.03 Å². The highest BCUT2D eigenvalue weighted by Crippen LogP contribution is 2.39. The summed E-state index contributed by atoms with van der Waals surface area (Å²) < 4.78 is 2.00. The van der Waals surface area contributed by atoms with Crippen molar-refractivity contribution in [3.8, 4) is 0 Å². The number of nitrogens with one attached hydrogen (secondary N) is 1. The number of anilines is 1. The molecular weight excluding hydrogens is 294 g/mol. The van der Waals surface area contributed by atoms with Gasteiger partial charge in [0.15, 0.2) is 5.82 Å². The van der Waals surface area contributed by atoms with Crippen LogP contribution < -0.4 is 11.1 Å². The fourth-order valence-electron chi connectivity index (χ4n) is 3.24. The minimum Gasteiger partial charge on any atom is -0.369 e. The van der Waals surface area contributed by atoms with E-state index in [1.165, 1.54) is 12.8 Å². The third-order valence-corrected chi connectivity index (χ3v) is 5.23. The van der Waals surface area contributed by atoms with Crippen molar-refractivity contribution in [2.45, 2.75) is 51.6 Å². The maximum Gasteiger partial charge on any atom is 0.323 e. The number of rotatable bonds is 5. The van der Waals surface area contributed by atoms with Crippen molar-refractivity contribution >= 4 is 17.8 Å². The lowest BCUT2D eigenvalue weighted by Gasteiger charge is -2.39. The van der Waals surface area contributed by atoms with Gasteiger partial charge in [0.05, 0.1) is 6.04 Å². The molecule has 1 heterocycles. The summed E-state index contributed by atoms with van der Waals surface area (Å²) in [7, 11) is 1.74. The van der Waals surface area contributed by atoms with Gasteiger partial charge in [-0.2, -0.15) is 5.10 Å². The lowest BCUT2D eigenvalue weighted by atomic mass is 9.79. The third-order valence-electron chi connectivity index (χ3n) is 5.23. The van der Waals surface area contributed by atoms with Crippen LogP contribution in [0.3, 0.4) is 0 Å². The average Bonchev–Trinajstić information content (AvgIpc) is 3.20. The number of urea groups is 1. The van der Waals surface area contributed by atoms with E-state index in [4.69, 9.17) is 5.73 Å². The van der Waals surface area contributed by atoms with Gasteiger partial charge in [-0.3, -0.25) is 14.8 Å². The molecule has 0 bridgehead atoms. The van der Waals surface area contributed by atoms with Crippen LogP contribution in [-0.4, -0.2) is 39.7 Å². The summed E-state index contributed by atoms with van der Waals surface area (Å²) in [6, 6.07) is 2.15. The highest BCUT2D eigenvalue weighted by molar-refractivity contribution is 5.88. The maximum atomic E-state index is 12.3. The van der Waals surface area contributed by atoms with Crippen molar-refractivity contribution in [1.29, 1.82) is 0 Å². The van der Waals surface area contributed by atoms with Crippen molar-refractivity contribution < 1.29 is 9.59 Å². The number of hydrogen-bond donors (Lipinski definition) is 2. The van der Waals surface area contributed by atoms with E-state index >= 15 is 0 Å². The number of amides is 3. The quantitative estimate of drug-likeness (QED) is 0.868. The lowest BCUT2D eigenvalue weighted by molar-refractivity contribution is -0.125. The van der Waals surface area contributed by atoms with Crippen LogP contribution in [0.2, 0.25) is 0 Å². The molecule has 3 amide bonds. The van der Waals surface area contributed by atoms with Gasteiger partial charge < -0.3 is 10.6 Å². The van der Waals surface area contributed by atoms with E-state index in [1.54, 1.807) is 11.9 Å². The molecule has 0 radical (unpaired) electrons. The highest BCUT2D eigenvalue weighted by Gasteiger charge is 2.37. The first-order valence-corrected chi connectivity index (χ1v) is 8.26. The zero-order chi connectivity index (χ0) is 16.7. The Kier molecular flexibility index (Phi) is 4.04. The Morgan fingerprint density at radius 2 is 2.09 bits per heavy atom. The van der Waals surface area contributed by atoms with Gasteiger partial charge in [-0.15, -0.1) is 0 Å². The average molecular weight is 319 g/mol. The topological polar surface area (TPSA) is 93.2 Å². The zero-order valence-corrected chi connectivity index (χ0v) is 14.0. The molecule has 23 heavy (non-hydrogen) atoms. The number of primary amides is 1. The Balaban J connectivity index is 1.57. The van der Waals surface area contributed by atoms with Crippen molar-refractivity contribution in [2.24, 2.45) is 17.6 Å². The molecule has 3 N–H and O–H groups in total. The minimum absolute atomic E-state index is 0.0704. The van der Waals surface area contributed by atoms with Gasteiger partial charge in [-0.05, 0) is 45.4 Å². The Hall–Kier alpha value is -2.05. The van der Waals surface area contributed by atoms with Crippen molar-refractivity contribution in [3.63, 3.8) is 0 Å². The van der Waals surface area contributed by atoms with Crippen LogP contribution in [-0.2, 0) is 4.79 Å². The van der Waals surface area contributed by atoms with Gasteiger partial charge in [0.25, 0.3) is 0 Å². The first kappa shape index (κ1) is 15.8. The molecule has 0 spiro atoms. The second-order valence-corrected chi connectivity index (χ2v) is 6.96. The fourth-order valence-corrected chi connectivity index (χ4v) is 3.24. The number of aromatic nitrogens is 2. The minimum atomic E-state index is -0.279. The number of hydrogen-bond acceptors (Lipinski definition) is 3. The molecule has 0 aromatic carbocycles. The number of carbonyl (C=O) groups excluding carboxylic acids is 2. The van der Waals surface area contributed by atoms with Crippen molar-refractivity contribution in [1.82, 2.24) is 14.7 Å². The van der Waals surface area contributed by atoms with E-state index in [1.807, 2.05) is 17.7 Å². The number of nitrogens with zero attached hydrogens (tertiary/aromatic N) is 3. The first-order chi connectivity index (χ1) is 10.9. The van der Waals surface area contributed by atoms with Crippen molar-refractivity contribution in [3.05, 3.63) is 11.8 Å². The number of nitrogens with two attached hydrogens (primary N) is 1. The summed E-state index contributed by atoms with van der Waals surface area (Å²) in [6.07, 6.45) is 3.80. The summed E-state index contributed by atoms with van der Waals surface area (Å²) in [4.78, 5) is 25.0. The molecule has 126 valence electrons. The first-order valence-electron chi connectivity index (χ1n) is 8.26. The van der Waals surface area contributed by atoms with Crippen LogP contribution in [0.1, 0.15) is 44.3 Å². The molecule has 1 aromatic rings. The molecule has 7 heteroatoms. The van der Waals surface area contributed by atoms with Crippen LogP contribution in [0, 0.1) is 18.8 Å². The number of carbonyl (C=O) groups is 2. The van der Waals surface area contributed by atoms with Crippen LogP contribution in [0.15, 0.2) is 6.07 Å². The van der Waals surface area contributed by atoms with E-state index in [-0.39, 0.29) is 23.9 Å². The second kappa shape index (κ2) is 5.86. The van der Waals surface area contributed by atoms with Gasteiger partial charge in [0, 0.05) is 30.8 Å². The fraction of sp³-hybridized carbons (Fsp3) is 0.688. The van der Waals surface area contributed by atoms with Crippen LogP contribution in [0.4, 0.5) is 10.6 Å².